The molecule has 0 unspecified atom stereocenters. The molecule has 0 spiro atoms. The highest BCUT2D eigenvalue weighted by Gasteiger charge is 2.36. The van der Waals surface area contributed by atoms with Gasteiger partial charge in [-0.1, -0.05) is 17.3 Å². The van der Waals surface area contributed by atoms with Crippen LogP contribution in [0.2, 0.25) is 0 Å². The number of carbonyl (C=O) groups excluding carboxylic acids is 1. The highest BCUT2D eigenvalue weighted by molar-refractivity contribution is 7.98. The molecule has 1 aliphatic heterocycles. The van der Waals surface area contributed by atoms with E-state index in [2.05, 4.69) is 20.1 Å². The van der Waals surface area contributed by atoms with Gasteiger partial charge in [-0.3, -0.25) is 4.79 Å². The van der Waals surface area contributed by atoms with Crippen molar-refractivity contribution < 1.29 is 9.32 Å². The van der Waals surface area contributed by atoms with E-state index in [1.807, 2.05) is 30.5 Å². The Morgan fingerprint density at radius 2 is 1.92 bits per heavy atom. The quantitative estimate of drug-likeness (QED) is 0.666. The molecule has 1 fully saturated rings. The third-order valence-electron chi connectivity index (χ3n) is 4.06. The number of hydrogen-bond acceptors (Lipinski definition) is 7. The van der Waals surface area contributed by atoms with E-state index in [-0.39, 0.29) is 11.8 Å². The molecule has 8 heteroatoms. The number of likely N-dealkylation sites (tertiary alicyclic amines) is 1. The number of amides is 1. The molecule has 3 heterocycles. The second kappa shape index (κ2) is 6.64. The normalized spacial score (nSPS) is 14.4. The summed E-state index contributed by atoms with van der Waals surface area (Å²) in [4.78, 5) is 28.0. The molecule has 126 valence electrons. The van der Waals surface area contributed by atoms with Crippen molar-refractivity contribution in [2.24, 2.45) is 0 Å². The smallest absolute Gasteiger partial charge is 0.255 e. The molecule has 1 aromatic carbocycles. The summed E-state index contributed by atoms with van der Waals surface area (Å²) < 4.78 is 5.32. The average molecular weight is 353 g/mol. The van der Waals surface area contributed by atoms with Crippen molar-refractivity contribution in [1.29, 1.82) is 0 Å². The summed E-state index contributed by atoms with van der Waals surface area (Å²) >= 11 is 1.57. The molecule has 0 radical (unpaired) electrons. The lowest BCUT2D eigenvalue weighted by molar-refractivity contribution is 0.0565. The van der Waals surface area contributed by atoms with Crippen LogP contribution in [0.25, 0.3) is 11.6 Å². The maximum Gasteiger partial charge on any atom is 0.255 e. The van der Waals surface area contributed by atoms with E-state index in [1.54, 1.807) is 35.1 Å². The molecule has 7 nitrogen and oxygen atoms in total. The van der Waals surface area contributed by atoms with E-state index >= 15 is 0 Å². The first-order valence-electron chi connectivity index (χ1n) is 7.79. The Morgan fingerprint density at radius 3 is 2.68 bits per heavy atom. The minimum Gasteiger partial charge on any atom is -0.338 e. The summed E-state index contributed by atoms with van der Waals surface area (Å²) in [6.07, 6.45) is 5.23. The lowest BCUT2D eigenvalue weighted by Crippen LogP contribution is -2.48. The van der Waals surface area contributed by atoms with Crippen LogP contribution in [0.5, 0.6) is 0 Å². The van der Waals surface area contributed by atoms with Gasteiger partial charge < -0.3 is 9.42 Å². The molecule has 25 heavy (non-hydrogen) atoms. The third-order valence-corrected chi connectivity index (χ3v) is 4.86. The second-order valence-corrected chi connectivity index (χ2v) is 6.48. The third kappa shape index (κ3) is 3.00. The molecule has 0 saturated carbocycles. The van der Waals surface area contributed by atoms with Gasteiger partial charge >= 0.3 is 0 Å². The molecule has 0 atom stereocenters. The Bertz CT molecular complexity index is 893. The lowest BCUT2D eigenvalue weighted by Gasteiger charge is -2.37. The van der Waals surface area contributed by atoms with Crippen LogP contribution >= 0.6 is 11.8 Å². The van der Waals surface area contributed by atoms with Gasteiger partial charge in [-0.25, -0.2) is 9.97 Å². The Morgan fingerprint density at radius 1 is 1.16 bits per heavy atom. The zero-order chi connectivity index (χ0) is 17.2. The van der Waals surface area contributed by atoms with Crippen LogP contribution in [0.1, 0.15) is 22.2 Å². The van der Waals surface area contributed by atoms with Gasteiger partial charge in [-0.2, -0.15) is 4.98 Å². The summed E-state index contributed by atoms with van der Waals surface area (Å²) in [5, 5.41) is 3.93. The van der Waals surface area contributed by atoms with Gasteiger partial charge in [0.05, 0.1) is 11.5 Å². The van der Waals surface area contributed by atoms with E-state index in [9.17, 15) is 4.79 Å². The highest BCUT2D eigenvalue weighted by atomic mass is 32.2. The summed E-state index contributed by atoms with van der Waals surface area (Å²) in [5.74, 6) is 1.40. The number of nitrogens with zero attached hydrogens (tertiary/aromatic N) is 5. The number of rotatable bonds is 4. The molecule has 3 aromatic rings. The maximum absolute atomic E-state index is 12.6. The fourth-order valence-electron chi connectivity index (χ4n) is 2.70. The average Bonchev–Trinajstić information content (AvgIpc) is 3.10. The van der Waals surface area contributed by atoms with Crippen LogP contribution in [0, 0.1) is 0 Å². The fourth-order valence-corrected chi connectivity index (χ4v) is 3.29. The van der Waals surface area contributed by atoms with E-state index in [4.69, 9.17) is 4.52 Å². The van der Waals surface area contributed by atoms with Crippen LogP contribution in [-0.2, 0) is 0 Å². The maximum atomic E-state index is 12.6. The molecule has 1 saturated heterocycles. The molecule has 0 aliphatic carbocycles. The molecule has 4 rings (SSSR count). The zero-order valence-corrected chi connectivity index (χ0v) is 14.3. The van der Waals surface area contributed by atoms with Crippen LogP contribution in [0.3, 0.4) is 0 Å². The minimum atomic E-state index is 0.0346. The molecule has 1 amide bonds. The predicted octanol–water partition coefficient (Wildman–Crippen LogP) is 2.49. The molecule has 2 aromatic heterocycles. The van der Waals surface area contributed by atoms with Crippen molar-refractivity contribution in [3.05, 3.63) is 54.2 Å². The molecule has 0 bridgehead atoms. The topological polar surface area (TPSA) is 85.0 Å². The first-order chi connectivity index (χ1) is 12.3. The van der Waals surface area contributed by atoms with Crippen LogP contribution in [-0.4, -0.2) is 50.3 Å². The van der Waals surface area contributed by atoms with E-state index < -0.39 is 0 Å². The molecule has 1 aliphatic rings. The Hall–Kier alpha value is -2.74. The van der Waals surface area contributed by atoms with Crippen LogP contribution in [0.4, 0.5) is 0 Å². The number of thioether (sulfide) groups is 1. The Kier molecular flexibility index (Phi) is 4.19. The van der Waals surface area contributed by atoms with Gasteiger partial charge in [-0.05, 0) is 24.5 Å². The largest absolute Gasteiger partial charge is 0.338 e. The van der Waals surface area contributed by atoms with Gasteiger partial charge in [0.1, 0.15) is 0 Å². The first kappa shape index (κ1) is 15.8. The minimum absolute atomic E-state index is 0.0346. The highest BCUT2D eigenvalue weighted by Crippen LogP contribution is 2.30. The van der Waals surface area contributed by atoms with Gasteiger partial charge in [-0.15, -0.1) is 11.8 Å². The van der Waals surface area contributed by atoms with Crippen molar-refractivity contribution in [3.8, 4) is 11.6 Å². The van der Waals surface area contributed by atoms with E-state index in [0.717, 1.165) is 10.5 Å². The van der Waals surface area contributed by atoms with Crippen molar-refractivity contribution in [2.75, 3.05) is 19.3 Å². The van der Waals surface area contributed by atoms with Crippen LogP contribution in [0.15, 0.2) is 52.1 Å². The number of hydrogen-bond donors (Lipinski definition) is 0. The second-order valence-electron chi connectivity index (χ2n) is 5.64. The van der Waals surface area contributed by atoms with E-state index in [0.29, 0.717) is 30.6 Å². The van der Waals surface area contributed by atoms with Crippen molar-refractivity contribution in [3.63, 3.8) is 0 Å². The van der Waals surface area contributed by atoms with Gasteiger partial charge in [0.15, 0.2) is 0 Å². The monoisotopic (exact) mass is 353 g/mol. The summed E-state index contributed by atoms with van der Waals surface area (Å²) in [6.45, 7) is 1.14. The van der Waals surface area contributed by atoms with Crippen LogP contribution < -0.4 is 0 Å². The van der Waals surface area contributed by atoms with Gasteiger partial charge in [0.25, 0.3) is 5.91 Å². The summed E-state index contributed by atoms with van der Waals surface area (Å²) in [5.41, 5.74) is 0.734. The Labute approximate surface area is 148 Å². The number of carbonyl (C=O) groups is 1. The van der Waals surface area contributed by atoms with Gasteiger partial charge in [0, 0.05) is 30.4 Å². The van der Waals surface area contributed by atoms with Crippen molar-refractivity contribution in [1.82, 2.24) is 25.0 Å². The predicted molar refractivity (Wildman–Crippen MR) is 92.2 cm³/mol. The number of aromatic nitrogens is 4. The fraction of sp³-hybridized carbons (Fsp3) is 0.235. The molecule has 0 N–H and O–H groups in total. The van der Waals surface area contributed by atoms with Gasteiger partial charge in [0.2, 0.25) is 17.5 Å². The zero-order valence-electron chi connectivity index (χ0n) is 13.5. The first-order valence-corrected chi connectivity index (χ1v) is 9.02. The summed E-state index contributed by atoms with van der Waals surface area (Å²) in [6, 6.07) is 9.37. The Balaban J connectivity index is 1.44. The standard InChI is InChI=1S/C17H15N5O2S/c1-25-13-6-3-2-5-12(13)17(23)22-9-11(10-22)16-20-15(21-24-16)14-18-7-4-8-19-14/h2-8,11H,9-10H2,1H3. The molecular formula is C17H15N5O2S. The SMILES string of the molecule is CSc1ccccc1C(=O)N1CC(c2nc(-c3ncccn3)no2)C1. The molecular weight excluding hydrogens is 338 g/mol. The van der Waals surface area contributed by atoms with Crippen molar-refractivity contribution in [2.45, 2.75) is 10.8 Å². The summed E-state index contributed by atoms with van der Waals surface area (Å²) in [7, 11) is 0. The number of benzene rings is 1. The lowest BCUT2D eigenvalue weighted by atomic mass is 9.99. The van der Waals surface area contributed by atoms with Crippen molar-refractivity contribution >= 4 is 17.7 Å². The van der Waals surface area contributed by atoms with E-state index in [1.165, 1.54) is 0 Å².